The van der Waals surface area contributed by atoms with E-state index in [1.165, 1.54) is 77.0 Å². The molecule has 1 amide bonds. The molecule has 7 N–H and O–H groups in total. The highest BCUT2D eigenvalue weighted by molar-refractivity contribution is 5.81. The van der Waals surface area contributed by atoms with Crippen LogP contribution in [-0.4, -0.2) is 29.0 Å². The molecule has 7 heteroatoms. The summed E-state index contributed by atoms with van der Waals surface area (Å²) in [5.41, 5.74) is 15.2. The maximum absolute atomic E-state index is 10.5. The molecule has 0 aromatic heterocycles. The molecule has 0 rings (SSSR count). The molecule has 0 radical (unpaired) electrons. The Hall–Kier alpha value is -1.79. The van der Waals surface area contributed by atoms with Crippen LogP contribution in [-0.2, 0) is 9.59 Å². The van der Waals surface area contributed by atoms with Gasteiger partial charge >= 0.3 is 5.97 Å². The molecule has 0 aliphatic rings. The zero-order valence-electron chi connectivity index (χ0n) is 19.5. The summed E-state index contributed by atoms with van der Waals surface area (Å²) in [6.45, 7) is 4.25. The van der Waals surface area contributed by atoms with Crippen LogP contribution in [0.4, 0.5) is 0 Å². The summed E-state index contributed by atoms with van der Waals surface area (Å²) in [5.74, 6) is -1.30. The van der Waals surface area contributed by atoms with Gasteiger partial charge in [-0.3, -0.25) is 4.79 Å². The van der Waals surface area contributed by atoms with Crippen molar-refractivity contribution in [3.05, 3.63) is 0 Å². The second-order valence-electron chi connectivity index (χ2n) is 8.01. The number of amides is 1. The molecule has 178 valence electrons. The van der Waals surface area contributed by atoms with Gasteiger partial charge in [0.2, 0.25) is 5.91 Å². The van der Waals surface area contributed by atoms with Crippen molar-refractivity contribution in [2.24, 2.45) is 22.2 Å². The van der Waals surface area contributed by atoms with Gasteiger partial charge in [0, 0.05) is 6.42 Å². The fourth-order valence-corrected chi connectivity index (χ4v) is 3.14. The highest BCUT2D eigenvalue weighted by Crippen LogP contribution is 2.12. The largest absolute Gasteiger partial charge is 0.480 e. The lowest BCUT2D eigenvalue weighted by Crippen LogP contribution is -2.28. The number of nitrogens with two attached hydrogens (primary N) is 3. The monoisotopic (exact) mass is 428 g/mol. The van der Waals surface area contributed by atoms with Gasteiger partial charge in [0.25, 0.3) is 0 Å². The van der Waals surface area contributed by atoms with E-state index in [2.05, 4.69) is 11.9 Å². The van der Waals surface area contributed by atoms with Crippen molar-refractivity contribution in [2.75, 3.05) is 0 Å². The maximum Gasteiger partial charge on any atom is 0.328 e. The molecule has 0 aliphatic carbocycles. The predicted octanol–water partition coefficient (Wildman–Crippen LogP) is 4.86. The number of unbranched alkanes of at least 4 members (excludes halogenated alkanes) is 13. The Morgan fingerprint density at radius 1 is 0.700 bits per heavy atom. The number of hydrogen-bond acceptors (Lipinski definition) is 3. The van der Waals surface area contributed by atoms with E-state index in [0.717, 1.165) is 19.3 Å². The summed E-state index contributed by atoms with van der Waals surface area (Å²) in [6, 6.07) is -0.782. The molecule has 0 bridgehead atoms. The molecule has 7 nitrogen and oxygen atoms in total. The number of hydrogen-bond donors (Lipinski definition) is 4. The van der Waals surface area contributed by atoms with Crippen LogP contribution in [0.25, 0.3) is 0 Å². The van der Waals surface area contributed by atoms with Gasteiger partial charge in [-0.15, -0.1) is 0 Å². The van der Waals surface area contributed by atoms with E-state index >= 15 is 0 Å². The van der Waals surface area contributed by atoms with Gasteiger partial charge in [-0.05, 0) is 12.8 Å². The highest BCUT2D eigenvalue weighted by Gasteiger charge is 2.14. The second kappa shape index (κ2) is 23.5. The van der Waals surface area contributed by atoms with Crippen LogP contribution >= 0.6 is 0 Å². The maximum atomic E-state index is 10.5. The van der Waals surface area contributed by atoms with E-state index < -0.39 is 12.0 Å². The summed E-state index contributed by atoms with van der Waals surface area (Å²) in [4.78, 5) is 24.6. The zero-order chi connectivity index (χ0) is 23.0. The Balaban J connectivity index is 0. The van der Waals surface area contributed by atoms with E-state index in [4.69, 9.17) is 22.3 Å². The lowest BCUT2D eigenvalue weighted by atomic mass is 10.0. The average molecular weight is 429 g/mol. The number of aliphatic imine (C=N–C) groups is 1. The van der Waals surface area contributed by atoms with Crippen LogP contribution in [0.15, 0.2) is 4.99 Å². The smallest absolute Gasteiger partial charge is 0.328 e. The lowest BCUT2D eigenvalue weighted by molar-refractivity contribution is -0.138. The van der Waals surface area contributed by atoms with Crippen molar-refractivity contribution in [1.29, 1.82) is 0 Å². The van der Waals surface area contributed by atoms with Crippen molar-refractivity contribution < 1.29 is 14.7 Å². The first kappa shape index (κ1) is 30.4. The standard InChI is InChI=1S/C16H33NO.C7H15N3O2/c1-2-3-4-5-6-7-8-9-10-11-12-13-14-15-16(17)18;1-2-3-4-5(6(11)12)10-7(8)9/h2-15H2,1H3,(H2,17,18);5H,2-4H2,1H3,(H,11,12)(H4,8,9,10). The third-order valence-electron chi connectivity index (χ3n) is 4.95. The minimum absolute atomic E-state index is 0.155. The SMILES string of the molecule is CCCCC(N=C(N)N)C(=O)O.CCCCCCCCCCCCCCCC(N)=O. The van der Waals surface area contributed by atoms with Crippen LogP contribution in [0.1, 0.15) is 123 Å². The first-order valence-electron chi connectivity index (χ1n) is 11.9. The summed E-state index contributed by atoms with van der Waals surface area (Å²) in [6.07, 6.45) is 20.2. The summed E-state index contributed by atoms with van der Waals surface area (Å²) in [7, 11) is 0. The summed E-state index contributed by atoms with van der Waals surface area (Å²) < 4.78 is 0. The normalized spacial score (nSPS) is 11.3. The van der Waals surface area contributed by atoms with Crippen LogP contribution in [0.5, 0.6) is 0 Å². The van der Waals surface area contributed by atoms with Crippen molar-refractivity contribution >= 4 is 17.8 Å². The number of primary amides is 1. The zero-order valence-corrected chi connectivity index (χ0v) is 19.5. The Bertz CT molecular complexity index is 438. The highest BCUT2D eigenvalue weighted by atomic mass is 16.4. The average Bonchev–Trinajstić information content (AvgIpc) is 2.68. The Kier molecular flexibility index (Phi) is 23.8. The number of carboxylic acids is 1. The molecule has 1 atom stereocenters. The Morgan fingerprint density at radius 3 is 1.43 bits per heavy atom. The predicted molar refractivity (Wildman–Crippen MR) is 126 cm³/mol. The first-order valence-corrected chi connectivity index (χ1v) is 11.9. The molecule has 0 saturated carbocycles. The fourth-order valence-electron chi connectivity index (χ4n) is 3.14. The lowest BCUT2D eigenvalue weighted by Gasteiger charge is -2.05. The van der Waals surface area contributed by atoms with E-state index in [-0.39, 0.29) is 11.9 Å². The van der Waals surface area contributed by atoms with Crippen LogP contribution in [0.3, 0.4) is 0 Å². The van der Waals surface area contributed by atoms with Gasteiger partial charge in [-0.1, -0.05) is 104 Å². The molecule has 30 heavy (non-hydrogen) atoms. The van der Waals surface area contributed by atoms with Crippen molar-refractivity contribution in [1.82, 2.24) is 0 Å². The molecule has 0 aliphatic heterocycles. The molecular formula is C23H48N4O3. The van der Waals surface area contributed by atoms with E-state index in [0.29, 0.717) is 12.8 Å². The molecule has 0 spiro atoms. The van der Waals surface area contributed by atoms with Crippen molar-refractivity contribution in [2.45, 2.75) is 129 Å². The first-order chi connectivity index (χ1) is 14.3. The number of carbonyl (C=O) groups excluding carboxylic acids is 1. The summed E-state index contributed by atoms with van der Waals surface area (Å²) >= 11 is 0. The number of rotatable bonds is 19. The van der Waals surface area contributed by atoms with Crippen LogP contribution < -0.4 is 17.2 Å². The van der Waals surface area contributed by atoms with E-state index in [1.807, 2.05) is 6.92 Å². The molecule has 0 aromatic carbocycles. The molecule has 0 heterocycles. The molecule has 1 unspecified atom stereocenters. The van der Waals surface area contributed by atoms with E-state index in [9.17, 15) is 9.59 Å². The van der Waals surface area contributed by atoms with Gasteiger partial charge in [0.1, 0.15) is 0 Å². The van der Waals surface area contributed by atoms with Gasteiger partial charge in [-0.2, -0.15) is 0 Å². The van der Waals surface area contributed by atoms with Gasteiger partial charge in [0.15, 0.2) is 12.0 Å². The quantitative estimate of drug-likeness (QED) is 0.132. The summed E-state index contributed by atoms with van der Waals surface area (Å²) in [5, 5.41) is 8.63. The minimum atomic E-state index is -0.975. The number of guanidine groups is 1. The number of carbonyl (C=O) groups is 2. The topological polar surface area (TPSA) is 145 Å². The van der Waals surface area contributed by atoms with Crippen LogP contribution in [0, 0.1) is 0 Å². The number of aliphatic carboxylic acids is 1. The molecule has 0 fully saturated rings. The fraction of sp³-hybridized carbons (Fsp3) is 0.870. The molecule has 0 saturated heterocycles. The minimum Gasteiger partial charge on any atom is -0.480 e. The molecule has 0 aromatic rings. The van der Waals surface area contributed by atoms with Gasteiger partial charge < -0.3 is 22.3 Å². The third kappa shape index (κ3) is 26.2. The van der Waals surface area contributed by atoms with Crippen LogP contribution in [0.2, 0.25) is 0 Å². The second-order valence-corrected chi connectivity index (χ2v) is 8.01. The molecular weight excluding hydrogens is 380 g/mol. The third-order valence-corrected chi connectivity index (χ3v) is 4.95. The number of nitrogens with zero attached hydrogens (tertiary/aromatic N) is 1. The number of carboxylic acid groups (broad SMARTS) is 1. The van der Waals surface area contributed by atoms with Gasteiger partial charge in [0.05, 0.1) is 0 Å². The Labute approximate surface area is 184 Å². The van der Waals surface area contributed by atoms with E-state index in [1.54, 1.807) is 0 Å². The van der Waals surface area contributed by atoms with Crippen molar-refractivity contribution in [3.8, 4) is 0 Å². The van der Waals surface area contributed by atoms with Crippen molar-refractivity contribution in [3.63, 3.8) is 0 Å². The Morgan fingerprint density at radius 2 is 1.10 bits per heavy atom. The van der Waals surface area contributed by atoms with Gasteiger partial charge in [-0.25, -0.2) is 9.79 Å².